The predicted octanol–water partition coefficient (Wildman–Crippen LogP) is 4.02. The van der Waals surface area contributed by atoms with Crippen LogP contribution < -0.4 is 4.74 Å². The first kappa shape index (κ1) is 12.0. The van der Waals surface area contributed by atoms with Crippen LogP contribution in [0, 0.1) is 0 Å². The predicted molar refractivity (Wildman–Crippen MR) is 73.5 cm³/mol. The molecule has 0 radical (unpaired) electrons. The zero-order valence-corrected chi connectivity index (χ0v) is 11.2. The fourth-order valence-electron chi connectivity index (χ4n) is 1.76. The summed E-state index contributed by atoms with van der Waals surface area (Å²) in [4.78, 5) is 0.785. The van der Waals surface area contributed by atoms with E-state index in [0.717, 1.165) is 29.0 Å². The van der Waals surface area contributed by atoms with Crippen molar-refractivity contribution in [2.45, 2.75) is 25.0 Å². The Bertz CT molecular complexity index is 531. The van der Waals surface area contributed by atoms with Crippen LogP contribution in [0.5, 0.6) is 5.75 Å². The molecule has 1 saturated carbocycles. The van der Waals surface area contributed by atoms with Gasteiger partial charge in [0.25, 0.3) is 0 Å². The van der Waals surface area contributed by atoms with Crippen LogP contribution in [0.2, 0.25) is 5.02 Å². The summed E-state index contributed by atoms with van der Waals surface area (Å²) in [7, 11) is 0. The Balaban J connectivity index is 1.77. The first-order valence-corrected chi connectivity index (χ1v) is 7.17. The molecule has 0 bridgehead atoms. The Hall–Kier alpha value is -1.03. The molecule has 4 heteroatoms. The molecule has 1 heterocycles. The molecule has 3 rings (SSSR count). The lowest BCUT2D eigenvalue weighted by Crippen LogP contribution is -1.99. The number of aliphatic hydroxyl groups is 1. The molecule has 1 unspecified atom stereocenters. The number of thiophene rings is 1. The maximum atomic E-state index is 10.2. The molecule has 2 aromatic rings. The average Bonchev–Trinajstić information content (AvgIpc) is 3.09. The lowest BCUT2D eigenvalue weighted by molar-refractivity contribution is 0.224. The summed E-state index contributed by atoms with van der Waals surface area (Å²) in [6.45, 7) is 0. The summed E-state index contributed by atoms with van der Waals surface area (Å²) < 4.78 is 5.67. The largest absolute Gasteiger partial charge is 0.490 e. The highest BCUT2D eigenvalue weighted by molar-refractivity contribution is 7.10. The van der Waals surface area contributed by atoms with Crippen molar-refractivity contribution < 1.29 is 9.84 Å². The van der Waals surface area contributed by atoms with Gasteiger partial charge in [0.15, 0.2) is 0 Å². The molecule has 1 aromatic carbocycles. The van der Waals surface area contributed by atoms with Crippen molar-refractivity contribution >= 4 is 22.9 Å². The van der Waals surface area contributed by atoms with Gasteiger partial charge < -0.3 is 9.84 Å². The number of hydrogen-bond acceptors (Lipinski definition) is 3. The Labute approximate surface area is 115 Å². The number of aliphatic hydroxyl groups excluding tert-OH is 1. The standard InChI is InChI=1S/C14H13ClO2S/c15-12-7-8-18-14(12)13(16)9-1-3-10(4-2-9)17-11-5-6-11/h1-4,7-8,11,13,16H,5-6H2. The highest BCUT2D eigenvalue weighted by atomic mass is 35.5. The molecule has 94 valence electrons. The summed E-state index contributed by atoms with van der Waals surface area (Å²) in [6, 6.07) is 9.38. The van der Waals surface area contributed by atoms with E-state index in [0.29, 0.717) is 11.1 Å². The lowest BCUT2D eigenvalue weighted by atomic mass is 10.1. The van der Waals surface area contributed by atoms with Crippen LogP contribution in [-0.4, -0.2) is 11.2 Å². The van der Waals surface area contributed by atoms with Crippen molar-refractivity contribution in [3.8, 4) is 5.75 Å². The second-order valence-electron chi connectivity index (χ2n) is 4.42. The molecule has 18 heavy (non-hydrogen) atoms. The maximum Gasteiger partial charge on any atom is 0.119 e. The number of halogens is 1. The fraction of sp³-hybridized carbons (Fsp3) is 0.286. The van der Waals surface area contributed by atoms with E-state index >= 15 is 0 Å². The van der Waals surface area contributed by atoms with Crippen molar-refractivity contribution in [3.05, 3.63) is 51.2 Å². The van der Waals surface area contributed by atoms with Crippen molar-refractivity contribution in [2.24, 2.45) is 0 Å². The third-order valence-corrected chi connectivity index (χ3v) is 4.33. The molecular formula is C14H13ClO2S. The molecule has 0 aliphatic heterocycles. The topological polar surface area (TPSA) is 29.5 Å². The van der Waals surface area contributed by atoms with Crippen LogP contribution in [-0.2, 0) is 0 Å². The summed E-state index contributed by atoms with van der Waals surface area (Å²) in [6.07, 6.45) is 2.03. The van der Waals surface area contributed by atoms with Gasteiger partial charge in [-0.25, -0.2) is 0 Å². The van der Waals surface area contributed by atoms with Gasteiger partial charge in [-0.1, -0.05) is 23.7 Å². The van der Waals surface area contributed by atoms with Gasteiger partial charge in [0.2, 0.25) is 0 Å². The second-order valence-corrected chi connectivity index (χ2v) is 5.78. The number of rotatable bonds is 4. The fourth-order valence-corrected chi connectivity index (χ4v) is 2.93. The van der Waals surface area contributed by atoms with Crippen molar-refractivity contribution in [2.75, 3.05) is 0 Å². The maximum absolute atomic E-state index is 10.2. The summed E-state index contributed by atoms with van der Waals surface area (Å²) in [5.74, 6) is 0.866. The van der Waals surface area contributed by atoms with Crippen LogP contribution in [0.25, 0.3) is 0 Å². The minimum Gasteiger partial charge on any atom is -0.490 e. The molecule has 1 fully saturated rings. The third kappa shape index (κ3) is 2.53. The van der Waals surface area contributed by atoms with E-state index in [4.69, 9.17) is 16.3 Å². The van der Waals surface area contributed by atoms with E-state index in [2.05, 4.69) is 0 Å². The number of benzene rings is 1. The van der Waals surface area contributed by atoms with E-state index in [1.807, 2.05) is 29.6 Å². The van der Waals surface area contributed by atoms with Gasteiger partial charge in [0.1, 0.15) is 11.9 Å². The van der Waals surface area contributed by atoms with Crippen LogP contribution in [0.15, 0.2) is 35.7 Å². The normalized spacial score (nSPS) is 16.6. The molecule has 0 amide bonds. The molecule has 0 spiro atoms. The van der Waals surface area contributed by atoms with Crippen LogP contribution in [0.1, 0.15) is 29.4 Å². The molecule has 1 aromatic heterocycles. The Morgan fingerprint density at radius 1 is 1.22 bits per heavy atom. The molecule has 1 N–H and O–H groups in total. The third-order valence-electron chi connectivity index (χ3n) is 2.92. The van der Waals surface area contributed by atoms with E-state index in [1.54, 1.807) is 6.07 Å². The van der Waals surface area contributed by atoms with E-state index in [1.165, 1.54) is 11.3 Å². The first-order chi connectivity index (χ1) is 8.74. The van der Waals surface area contributed by atoms with Gasteiger partial charge >= 0.3 is 0 Å². The minimum atomic E-state index is -0.660. The monoisotopic (exact) mass is 280 g/mol. The van der Waals surface area contributed by atoms with E-state index < -0.39 is 6.10 Å². The lowest BCUT2D eigenvalue weighted by Gasteiger charge is -2.11. The Morgan fingerprint density at radius 2 is 1.94 bits per heavy atom. The number of hydrogen-bond donors (Lipinski definition) is 1. The van der Waals surface area contributed by atoms with E-state index in [-0.39, 0.29) is 0 Å². The summed E-state index contributed by atoms with van der Waals surface area (Å²) in [5, 5.41) is 12.7. The van der Waals surface area contributed by atoms with Crippen molar-refractivity contribution in [1.82, 2.24) is 0 Å². The molecule has 1 atom stereocenters. The first-order valence-electron chi connectivity index (χ1n) is 5.91. The van der Waals surface area contributed by atoms with E-state index in [9.17, 15) is 5.11 Å². The van der Waals surface area contributed by atoms with Crippen LogP contribution in [0.3, 0.4) is 0 Å². The second kappa shape index (κ2) is 4.92. The van der Waals surface area contributed by atoms with Gasteiger partial charge in [-0.3, -0.25) is 0 Å². The molecule has 1 aliphatic rings. The van der Waals surface area contributed by atoms with Crippen LogP contribution >= 0.6 is 22.9 Å². The molecular weight excluding hydrogens is 268 g/mol. The van der Waals surface area contributed by atoms with Crippen molar-refractivity contribution in [3.63, 3.8) is 0 Å². The van der Waals surface area contributed by atoms with Gasteiger partial charge in [-0.15, -0.1) is 11.3 Å². The molecule has 1 aliphatic carbocycles. The van der Waals surface area contributed by atoms with Crippen molar-refractivity contribution in [1.29, 1.82) is 0 Å². The summed E-state index contributed by atoms with van der Waals surface area (Å²) in [5.41, 5.74) is 0.836. The SMILES string of the molecule is OC(c1ccc(OC2CC2)cc1)c1sccc1Cl. The van der Waals surface area contributed by atoms with Gasteiger partial charge in [0, 0.05) is 0 Å². The zero-order chi connectivity index (χ0) is 12.5. The molecule has 2 nitrogen and oxygen atoms in total. The summed E-state index contributed by atoms with van der Waals surface area (Å²) >= 11 is 7.48. The highest BCUT2D eigenvalue weighted by Gasteiger charge is 2.23. The van der Waals surface area contributed by atoms with Gasteiger partial charge in [-0.2, -0.15) is 0 Å². The average molecular weight is 281 g/mol. The Kier molecular flexibility index (Phi) is 3.29. The quantitative estimate of drug-likeness (QED) is 0.916. The molecule has 0 saturated heterocycles. The van der Waals surface area contributed by atoms with Gasteiger partial charge in [0.05, 0.1) is 16.0 Å². The zero-order valence-electron chi connectivity index (χ0n) is 9.67. The van der Waals surface area contributed by atoms with Gasteiger partial charge in [-0.05, 0) is 42.0 Å². The minimum absolute atomic E-state index is 0.396. The Morgan fingerprint density at radius 3 is 2.50 bits per heavy atom. The van der Waals surface area contributed by atoms with Crippen LogP contribution in [0.4, 0.5) is 0 Å². The smallest absolute Gasteiger partial charge is 0.119 e. The number of ether oxygens (including phenoxy) is 1. The highest BCUT2D eigenvalue weighted by Crippen LogP contribution is 2.34.